The van der Waals surface area contributed by atoms with Gasteiger partial charge in [0.25, 0.3) is 0 Å². The number of hydrogen-bond donors (Lipinski definition) is 1. The van der Waals surface area contributed by atoms with E-state index in [1.807, 2.05) is 12.4 Å². The van der Waals surface area contributed by atoms with Gasteiger partial charge in [0.1, 0.15) is 0 Å². The number of rotatable bonds is 2. The molecule has 0 bridgehead atoms. The molecule has 2 rings (SSSR count). The first kappa shape index (κ1) is 7.10. The summed E-state index contributed by atoms with van der Waals surface area (Å²) in [6.45, 7) is 3.39. The molecule has 0 aliphatic heterocycles. The van der Waals surface area contributed by atoms with Crippen molar-refractivity contribution in [3.8, 4) is 0 Å². The normalized spacial score (nSPS) is 28.8. The molecule has 0 radical (unpaired) electrons. The van der Waals surface area contributed by atoms with Crippen LogP contribution in [0.15, 0.2) is 12.4 Å². The first-order valence-electron chi connectivity index (χ1n) is 4.01. The Balaban J connectivity index is 2.07. The summed E-state index contributed by atoms with van der Waals surface area (Å²) >= 11 is 5.08. The van der Waals surface area contributed by atoms with Gasteiger partial charge in [-0.25, -0.2) is 0 Å². The van der Waals surface area contributed by atoms with E-state index in [1.165, 1.54) is 6.42 Å². The SMILES string of the molecule is CC1CC1Cn1cc[nH]c1=S. The average Bonchev–Trinajstić information content (AvgIpc) is 2.48. The molecule has 0 aromatic carbocycles. The Morgan fingerprint density at radius 2 is 2.55 bits per heavy atom. The van der Waals surface area contributed by atoms with Crippen molar-refractivity contribution in [1.82, 2.24) is 9.55 Å². The Labute approximate surface area is 71.2 Å². The average molecular weight is 168 g/mol. The topological polar surface area (TPSA) is 20.7 Å². The van der Waals surface area contributed by atoms with E-state index in [2.05, 4.69) is 16.5 Å². The lowest BCUT2D eigenvalue weighted by Crippen LogP contribution is -1.98. The molecule has 1 N–H and O–H groups in total. The highest BCUT2D eigenvalue weighted by Gasteiger charge is 2.32. The zero-order valence-electron chi connectivity index (χ0n) is 6.58. The van der Waals surface area contributed by atoms with E-state index < -0.39 is 0 Å². The fourth-order valence-electron chi connectivity index (χ4n) is 1.40. The van der Waals surface area contributed by atoms with Crippen LogP contribution in [0, 0.1) is 16.6 Å². The molecule has 2 unspecified atom stereocenters. The number of imidazole rings is 1. The monoisotopic (exact) mass is 168 g/mol. The van der Waals surface area contributed by atoms with Gasteiger partial charge in [0.2, 0.25) is 0 Å². The maximum atomic E-state index is 5.08. The van der Waals surface area contributed by atoms with Crippen LogP contribution in [0.3, 0.4) is 0 Å². The number of hydrogen-bond acceptors (Lipinski definition) is 1. The first-order valence-corrected chi connectivity index (χ1v) is 4.42. The van der Waals surface area contributed by atoms with Crippen LogP contribution in [0.4, 0.5) is 0 Å². The van der Waals surface area contributed by atoms with Crippen LogP contribution >= 0.6 is 12.2 Å². The lowest BCUT2D eigenvalue weighted by molar-refractivity contribution is 0.587. The van der Waals surface area contributed by atoms with E-state index in [0.29, 0.717) is 0 Å². The van der Waals surface area contributed by atoms with Crippen LogP contribution in [-0.2, 0) is 6.54 Å². The second-order valence-electron chi connectivity index (χ2n) is 3.39. The molecule has 1 aromatic heterocycles. The molecule has 0 saturated heterocycles. The van der Waals surface area contributed by atoms with Crippen LogP contribution in [0.2, 0.25) is 0 Å². The molecular weight excluding hydrogens is 156 g/mol. The Morgan fingerprint density at radius 1 is 1.82 bits per heavy atom. The van der Waals surface area contributed by atoms with E-state index in [9.17, 15) is 0 Å². The number of nitrogens with zero attached hydrogens (tertiary/aromatic N) is 1. The maximum absolute atomic E-state index is 5.08. The summed E-state index contributed by atoms with van der Waals surface area (Å²) in [5.74, 6) is 1.78. The minimum Gasteiger partial charge on any atom is -0.337 e. The molecule has 3 heteroatoms. The quantitative estimate of drug-likeness (QED) is 0.671. The minimum atomic E-state index is 0.851. The first-order chi connectivity index (χ1) is 5.27. The van der Waals surface area contributed by atoms with Gasteiger partial charge in [0.15, 0.2) is 4.77 Å². The molecule has 1 fully saturated rings. The predicted molar refractivity (Wildman–Crippen MR) is 46.9 cm³/mol. The summed E-state index contributed by atoms with van der Waals surface area (Å²) in [5.41, 5.74) is 0. The standard InChI is InChI=1S/C8H12N2S/c1-6-4-7(6)5-10-3-2-9-8(10)11/h2-3,6-7H,4-5H2,1H3,(H,9,11). The lowest BCUT2D eigenvalue weighted by atomic mass is 10.3. The maximum Gasteiger partial charge on any atom is 0.177 e. The molecule has 1 saturated carbocycles. The largest absolute Gasteiger partial charge is 0.337 e. The molecule has 0 spiro atoms. The summed E-state index contributed by atoms with van der Waals surface area (Å²) in [6, 6.07) is 0. The minimum absolute atomic E-state index is 0.851. The fraction of sp³-hybridized carbons (Fsp3) is 0.625. The van der Waals surface area contributed by atoms with E-state index >= 15 is 0 Å². The second-order valence-corrected chi connectivity index (χ2v) is 3.78. The molecular formula is C8H12N2S. The van der Waals surface area contributed by atoms with Gasteiger partial charge in [0, 0.05) is 18.9 Å². The molecule has 11 heavy (non-hydrogen) atoms. The summed E-state index contributed by atoms with van der Waals surface area (Å²) < 4.78 is 2.97. The zero-order valence-corrected chi connectivity index (χ0v) is 7.40. The van der Waals surface area contributed by atoms with Crippen LogP contribution in [0.1, 0.15) is 13.3 Å². The van der Waals surface area contributed by atoms with Crippen LogP contribution in [0.25, 0.3) is 0 Å². The number of aromatic nitrogens is 2. The molecule has 2 atom stereocenters. The molecule has 1 heterocycles. The lowest BCUT2D eigenvalue weighted by Gasteiger charge is -1.98. The van der Waals surface area contributed by atoms with Crippen LogP contribution < -0.4 is 0 Å². The van der Waals surface area contributed by atoms with Gasteiger partial charge >= 0.3 is 0 Å². The van der Waals surface area contributed by atoms with Crippen molar-refractivity contribution in [2.24, 2.45) is 11.8 Å². The smallest absolute Gasteiger partial charge is 0.177 e. The molecule has 60 valence electrons. The van der Waals surface area contributed by atoms with Crippen molar-refractivity contribution >= 4 is 12.2 Å². The third-order valence-corrected chi connectivity index (χ3v) is 2.78. The van der Waals surface area contributed by atoms with Crippen molar-refractivity contribution < 1.29 is 0 Å². The van der Waals surface area contributed by atoms with Gasteiger partial charge in [0.05, 0.1) is 0 Å². The van der Waals surface area contributed by atoms with E-state index in [1.54, 1.807) is 0 Å². The van der Waals surface area contributed by atoms with E-state index in [-0.39, 0.29) is 0 Å². The molecule has 1 aromatic rings. The van der Waals surface area contributed by atoms with Gasteiger partial charge in [-0.2, -0.15) is 0 Å². The second kappa shape index (κ2) is 2.48. The van der Waals surface area contributed by atoms with Gasteiger partial charge in [-0.3, -0.25) is 0 Å². The van der Waals surface area contributed by atoms with E-state index in [0.717, 1.165) is 23.2 Å². The summed E-state index contributed by atoms with van der Waals surface area (Å²) in [5, 5.41) is 0. The van der Waals surface area contributed by atoms with Gasteiger partial charge in [-0.1, -0.05) is 6.92 Å². The third kappa shape index (κ3) is 1.38. The summed E-state index contributed by atoms with van der Waals surface area (Å²) in [6.07, 6.45) is 5.29. The Morgan fingerprint density at radius 3 is 3.00 bits per heavy atom. The molecule has 1 aliphatic carbocycles. The number of H-pyrrole nitrogens is 1. The summed E-state index contributed by atoms with van der Waals surface area (Å²) in [7, 11) is 0. The van der Waals surface area contributed by atoms with Gasteiger partial charge in [-0.15, -0.1) is 0 Å². The van der Waals surface area contributed by atoms with Gasteiger partial charge in [-0.05, 0) is 30.5 Å². The number of aromatic amines is 1. The van der Waals surface area contributed by atoms with Crippen LogP contribution in [-0.4, -0.2) is 9.55 Å². The summed E-state index contributed by atoms with van der Waals surface area (Å²) in [4.78, 5) is 2.99. The fourth-order valence-corrected chi connectivity index (χ4v) is 1.60. The number of nitrogens with one attached hydrogen (secondary N) is 1. The Hall–Kier alpha value is -0.570. The third-order valence-electron chi connectivity index (χ3n) is 2.43. The van der Waals surface area contributed by atoms with Crippen LogP contribution in [0.5, 0.6) is 0 Å². The molecule has 0 amide bonds. The Kier molecular flexibility index (Phi) is 1.60. The van der Waals surface area contributed by atoms with Crippen molar-refractivity contribution in [2.75, 3.05) is 0 Å². The molecule has 2 nitrogen and oxygen atoms in total. The van der Waals surface area contributed by atoms with Crippen molar-refractivity contribution in [2.45, 2.75) is 19.9 Å². The predicted octanol–water partition coefficient (Wildman–Crippen LogP) is 2.20. The Bertz CT molecular complexity index is 299. The van der Waals surface area contributed by atoms with Crippen molar-refractivity contribution in [1.29, 1.82) is 0 Å². The zero-order chi connectivity index (χ0) is 7.84. The highest BCUT2D eigenvalue weighted by Crippen LogP contribution is 2.38. The highest BCUT2D eigenvalue weighted by molar-refractivity contribution is 7.71. The molecule has 1 aliphatic rings. The van der Waals surface area contributed by atoms with Crippen molar-refractivity contribution in [3.63, 3.8) is 0 Å². The van der Waals surface area contributed by atoms with Gasteiger partial charge < -0.3 is 9.55 Å². The van der Waals surface area contributed by atoms with E-state index in [4.69, 9.17) is 12.2 Å². The van der Waals surface area contributed by atoms with Crippen molar-refractivity contribution in [3.05, 3.63) is 17.2 Å². The highest BCUT2D eigenvalue weighted by atomic mass is 32.1.